The van der Waals surface area contributed by atoms with Crippen LogP contribution in [0.5, 0.6) is 0 Å². The summed E-state index contributed by atoms with van der Waals surface area (Å²) in [6.45, 7) is 6.20. The van der Waals surface area contributed by atoms with E-state index in [4.69, 9.17) is 0 Å². The monoisotopic (exact) mass is 189 g/mol. The SMILES string of the molecule is CC1=NC(c2cccn2C)=NC1(C)C. The fraction of sp³-hybridized carbons (Fsp3) is 0.455. The lowest BCUT2D eigenvalue weighted by atomic mass is 10.0. The average Bonchev–Trinajstić information content (AvgIpc) is 2.58. The van der Waals surface area contributed by atoms with Crippen molar-refractivity contribution in [2.75, 3.05) is 0 Å². The zero-order valence-corrected chi connectivity index (χ0v) is 9.07. The first-order valence-corrected chi connectivity index (χ1v) is 4.78. The number of amidine groups is 1. The summed E-state index contributed by atoms with van der Waals surface area (Å²) in [5.74, 6) is 0.847. The predicted molar refractivity (Wildman–Crippen MR) is 59.1 cm³/mol. The topological polar surface area (TPSA) is 29.6 Å². The number of hydrogen-bond acceptors (Lipinski definition) is 2. The maximum Gasteiger partial charge on any atom is 0.172 e. The van der Waals surface area contributed by atoms with Crippen molar-refractivity contribution in [2.45, 2.75) is 26.3 Å². The van der Waals surface area contributed by atoms with Gasteiger partial charge >= 0.3 is 0 Å². The molecule has 0 saturated heterocycles. The second-order valence-corrected chi connectivity index (χ2v) is 4.20. The summed E-state index contributed by atoms with van der Waals surface area (Å²) < 4.78 is 2.04. The van der Waals surface area contributed by atoms with Crippen LogP contribution >= 0.6 is 0 Å². The second-order valence-electron chi connectivity index (χ2n) is 4.20. The zero-order valence-electron chi connectivity index (χ0n) is 9.07. The highest BCUT2D eigenvalue weighted by Crippen LogP contribution is 2.21. The van der Waals surface area contributed by atoms with E-state index in [2.05, 4.69) is 23.8 Å². The van der Waals surface area contributed by atoms with Gasteiger partial charge in [-0.1, -0.05) is 0 Å². The minimum absolute atomic E-state index is 0.139. The molecule has 0 bridgehead atoms. The van der Waals surface area contributed by atoms with Gasteiger partial charge in [0.25, 0.3) is 0 Å². The summed E-state index contributed by atoms with van der Waals surface area (Å²) in [6.07, 6.45) is 2.01. The van der Waals surface area contributed by atoms with Gasteiger partial charge in [0, 0.05) is 19.0 Å². The van der Waals surface area contributed by atoms with Crippen LogP contribution in [0, 0.1) is 0 Å². The molecule has 0 saturated carbocycles. The van der Waals surface area contributed by atoms with Crippen LogP contribution in [0.1, 0.15) is 26.5 Å². The minimum atomic E-state index is -0.139. The molecule has 0 unspecified atom stereocenters. The summed E-state index contributed by atoms with van der Waals surface area (Å²) >= 11 is 0. The van der Waals surface area contributed by atoms with Crippen molar-refractivity contribution in [1.82, 2.24) is 4.57 Å². The van der Waals surface area contributed by atoms with Crippen molar-refractivity contribution in [3.05, 3.63) is 24.0 Å². The highest BCUT2D eigenvalue weighted by molar-refractivity contribution is 6.13. The molecule has 1 aromatic heterocycles. The molecule has 14 heavy (non-hydrogen) atoms. The largest absolute Gasteiger partial charge is 0.348 e. The molecule has 1 aliphatic heterocycles. The van der Waals surface area contributed by atoms with Crippen LogP contribution in [0.15, 0.2) is 28.3 Å². The van der Waals surface area contributed by atoms with Gasteiger partial charge in [0.2, 0.25) is 0 Å². The molecule has 0 amide bonds. The van der Waals surface area contributed by atoms with E-state index in [1.165, 1.54) is 0 Å². The lowest BCUT2D eigenvalue weighted by Gasteiger charge is -2.12. The number of aryl methyl sites for hydroxylation is 1. The molecule has 3 heteroatoms. The van der Waals surface area contributed by atoms with Gasteiger partial charge in [0.05, 0.1) is 11.2 Å². The van der Waals surface area contributed by atoms with Gasteiger partial charge in [-0.15, -0.1) is 0 Å². The molecule has 0 N–H and O–H groups in total. The Morgan fingerprint density at radius 3 is 2.50 bits per heavy atom. The van der Waals surface area contributed by atoms with Gasteiger partial charge < -0.3 is 4.57 Å². The molecule has 74 valence electrons. The maximum absolute atomic E-state index is 4.60. The summed E-state index contributed by atoms with van der Waals surface area (Å²) in [5, 5.41) is 0. The molecule has 2 heterocycles. The summed E-state index contributed by atoms with van der Waals surface area (Å²) in [7, 11) is 2.01. The summed E-state index contributed by atoms with van der Waals surface area (Å²) in [4.78, 5) is 9.09. The molecular formula is C11H15N3. The van der Waals surface area contributed by atoms with Crippen LogP contribution in [0.25, 0.3) is 0 Å². The third-order valence-electron chi connectivity index (χ3n) is 2.72. The Balaban J connectivity index is 2.46. The molecule has 0 radical (unpaired) electrons. The Morgan fingerprint density at radius 2 is 2.07 bits per heavy atom. The fourth-order valence-corrected chi connectivity index (χ4v) is 1.47. The first-order valence-electron chi connectivity index (χ1n) is 4.78. The van der Waals surface area contributed by atoms with Crippen molar-refractivity contribution in [3.8, 4) is 0 Å². The first-order chi connectivity index (χ1) is 6.50. The number of hydrogen-bond donors (Lipinski definition) is 0. The van der Waals surface area contributed by atoms with Gasteiger partial charge in [-0.25, -0.2) is 4.99 Å². The van der Waals surface area contributed by atoms with Gasteiger partial charge in [0.1, 0.15) is 0 Å². The molecule has 1 aliphatic rings. The number of aromatic nitrogens is 1. The Morgan fingerprint density at radius 1 is 1.36 bits per heavy atom. The molecule has 2 rings (SSSR count). The van der Waals surface area contributed by atoms with Gasteiger partial charge in [-0.05, 0) is 32.9 Å². The number of aliphatic imine (C=N–C) groups is 2. The standard InChI is InChI=1S/C11H15N3/c1-8-11(2,3)13-10(12-8)9-6-5-7-14(9)4/h5-7H,1-4H3. The van der Waals surface area contributed by atoms with E-state index < -0.39 is 0 Å². The molecule has 0 spiro atoms. The van der Waals surface area contributed by atoms with E-state index in [1.54, 1.807) is 0 Å². The molecule has 0 aliphatic carbocycles. The van der Waals surface area contributed by atoms with Crippen molar-refractivity contribution in [3.63, 3.8) is 0 Å². The highest BCUT2D eigenvalue weighted by Gasteiger charge is 2.28. The minimum Gasteiger partial charge on any atom is -0.348 e. The van der Waals surface area contributed by atoms with Gasteiger partial charge in [-0.3, -0.25) is 4.99 Å². The van der Waals surface area contributed by atoms with E-state index in [1.807, 2.05) is 36.9 Å². The average molecular weight is 189 g/mol. The molecule has 3 nitrogen and oxygen atoms in total. The third-order valence-corrected chi connectivity index (χ3v) is 2.72. The van der Waals surface area contributed by atoms with E-state index >= 15 is 0 Å². The van der Waals surface area contributed by atoms with E-state index in [9.17, 15) is 0 Å². The summed E-state index contributed by atoms with van der Waals surface area (Å²) in [5.41, 5.74) is 2.02. The quantitative estimate of drug-likeness (QED) is 0.647. The number of rotatable bonds is 1. The molecule has 1 aromatic rings. The van der Waals surface area contributed by atoms with E-state index in [0.29, 0.717) is 0 Å². The lowest BCUT2D eigenvalue weighted by Crippen LogP contribution is -2.23. The van der Waals surface area contributed by atoms with Crippen LogP contribution in [0.2, 0.25) is 0 Å². The van der Waals surface area contributed by atoms with Crippen molar-refractivity contribution in [1.29, 1.82) is 0 Å². The van der Waals surface area contributed by atoms with Crippen LogP contribution < -0.4 is 0 Å². The fourth-order valence-electron chi connectivity index (χ4n) is 1.47. The Bertz CT molecular complexity index is 421. The van der Waals surface area contributed by atoms with Gasteiger partial charge in [0.15, 0.2) is 5.84 Å². The third kappa shape index (κ3) is 1.29. The smallest absolute Gasteiger partial charge is 0.172 e. The van der Waals surface area contributed by atoms with Crippen LogP contribution in [-0.2, 0) is 7.05 Å². The van der Waals surface area contributed by atoms with Crippen molar-refractivity contribution in [2.24, 2.45) is 17.0 Å². The van der Waals surface area contributed by atoms with E-state index in [-0.39, 0.29) is 5.54 Å². The van der Waals surface area contributed by atoms with Gasteiger partial charge in [-0.2, -0.15) is 0 Å². The Hall–Kier alpha value is -1.38. The second kappa shape index (κ2) is 2.80. The molecular weight excluding hydrogens is 174 g/mol. The zero-order chi connectivity index (χ0) is 10.3. The predicted octanol–water partition coefficient (Wildman–Crippen LogP) is 2.02. The molecule has 0 fully saturated rings. The highest BCUT2D eigenvalue weighted by atomic mass is 15.1. The lowest BCUT2D eigenvalue weighted by molar-refractivity contribution is 0.712. The molecule has 0 atom stereocenters. The Labute approximate surface area is 84.2 Å². The summed E-state index contributed by atoms with van der Waals surface area (Å²) in [6, 6.07) is 4.05. The van der Waals surface area contributed by atoms with Crippen LogP contribution in [-0.4, -0.2) is 21.7 Å². The van der Waals surface area contributed by atoms with Crippen molar-refractivity contribution >= 4 is 11.5 Å². The van der Waals surface area contributed by atoms with Crippen molar-refractivity contribution < 1.29 is 0 Å². The van der Waals surface area contributed by atoms with Crippen LogP contribution in [0.4, 0.5) is 0 Å². The van der Waals surface area contributed by atoms with Crippen LogP contribution in [0.3, 0.4) is 0 Å². The maximum atomic E-state index is 4.60. The molecule has 0 aromatic carbocycles. The number of nitrogens with zero attached hydrogens (tertiary/aromatic N) is 3. The first kappa shape index (κ1) is 9.19. The van der Waals surface area contributed by atoms with E-state index in [0.717, 1.165) is 17.2 Å². The normalized spacial score (nSPS) is 19.4. The Kier molecular flexibility index (Phi) is 1.84.